The number of Topliss-reactive ketones (excluding diaryl/α,β-unsaturated/α-hetero) is 1. The van der Waals surface area contributed by atoms with Crippen molar-refractivity contribution in [1.82, 2.24) is 4.98 Å². The lowest BCUT2D eigenvalue weighted by Gasteiger charge is -2.03. The molecule has 19 heavy (non-hydrogen) atoms. The minimum Gasteiger partial charge on any atom is -0.311 e. The minimum atomic E-state index is -0.206. The molecule has 1 N–H and O–H groups in total. The van der Waals surface area contributed by atoms with Gasteiger partial charge in [-0.3, -0.25) is 9.59 Å². The second-order valence-electron chi connectivity index (χ2n) is 4.05. The first-order chi connectivity index (χ1) is 9.25. The summed E-state index contributed by atoms with van der Waals surface area (Å²) in [5, 5.41) is 2.65. The number of hydrogen-bond donors (Lipinski definition) is 1. The molecule has 0 radical (unpaired) electrons. The molecule has 0 bridgehead atoms. The third-order valence-electron chi connectivity index (χ3n) is 2.61. The zero-order valence-corrected chi connectivity index (χ0v) is 10.4. The lowest BCUT2D eigenvalue weighted by Crippen LogP contribution is -2.14. The third-order valence-corrected chi connectivity index (χ3v) is 2.61. The van der Waals surface area contributed by atoms with Crippen molar-refractivity contribution in [3.63, 3.8) is 0 Å². The van der Waals surface area contributed by atoms with E-state index in [4.69, 9.17) is 0 Å². The van der Waals surface area contributed by atoms with Crippen LogP contribution < -0.4 is 5.32 Å². The monoisotopic (exact) mass is 254 g/mol. The molecule has 1 heterocycles. The van der Waals surface area contributed by atoms with Crippen LogP contribution in [0, 0.1) is 0 Å². The molecule has 0 aliphatic carbocycles. The Morgan fingerprint density at radius 3 is 2.37 bits per heavy atom. The molecule has 4 heteroatoms. The van der Waals surface area contributed by atoms with Gasteiger partial charge in [-0.05, 0) is 12.1 Å². The van der Waals surface area contributed by atoms with Gasteiger partial charge in [-0.25, -0.2) is 4.98 Å². The van der Waals surface area contributed by atoms with Crippen LogP contribution in [-0.2, 0) is 4.79 Å². The van der Waals surface area contributed by atoms with Gasteiger partial charge in [-0.2, -0.15) is 0 Å². The van der Waals surface area contributed by atoms with Crippen molar-refractivity contribution in [3.8, 4) is 0 Å². The van der Waals surface area contributed by atoms with Gasteiger partial charge in [-0.15, -0.1) is 0 Å². The summed E-state index contributed by atoms with van der Waals surface area (Å²) in [6.45, 7) is 0. The molecule has 0 unspecified atom stereocenters. The van der Waals surface area contributed by atoms with Gasteiger partial charge >= 0.3 is 0 Å². The maximum atomic E-state index is 11.8. The Bertz CT molecular complexity index is 553. The molecule has 1 amide bonds. The average Bonchev–Trinajstić information content (AvgIpc) is 2.47. The lowest BCUT2D eigenvalue weighted by molar-refractivity contribution is -0.116. The Morgan fingerprint density at radius 2 is 1.68 bits per heavy atom. The van der Waals surface area contributed by atoms with Crippen LogP contribution in [0.25, 0.3) is 0 Å². The summed E-state index contributed by atoms with van der Waals surface area (Å²) in [4.78, 5) is 27.4. The number of carbonyl (C=O) groups excluding carboxylic acids is 2. The summed E-state index contributed by atoms with van der Waals surface area (Å²) in [6, 6.07) is 14.2. The number of pyridine rings is 1. The number of amides is 1. The van der Waals surface area contributed by atoms with Gasteiger partial charge in [0.15, 0.2) is 5.78 Å². The normalized spacial score (nSPS) is 9.89. The third kappa shape index (κ3) is 4.03. The highest BCUT2D eigenvalue weighted by Gasteiger charge is 2.09. The first-order valence-electron chi connectivity index (χ1n) is 6.05. The summed E-state index contributed by atoms with van der Waals surface area (Å²) in [5.74, 6) is 0.263. The molecule has 1 aromatic heterocycles. The van der Waals surface area contributed by atoms with E-state index in [-0.39, 0.29) is 24.5 Å². The Hall–Kier alpha value is -2.49. The van der Waals surface area contributed by atoms with Crippen LogP contribution in [0.5, 0.6) is 0 Å². The van der Waals surface area contributed by atoms with Gasteiger partial charge in [0, 0.05) is 24.6 Å². The van der Waals surface area contributed by atoms with E-state index in [0.29, 0.717) is 11.4 Å². The van der Waals surface area contributed by atoms with Crippen molar-refractivity contribution in [2.24, 2.45) is 0 Å². The zero-order chi connectivity index (χ0) is 13.5. The van der Waals surface area contributed by atoms with Gasteiger partial charge in [0.05, 0.1) is 0 Å². The number of benzene rings is 1. The largest absolute Gasteiger partial charge is 0.311 e. The molecular formula is C15H14N2O2. The van der Waals surface area contributed by atoms with Crippen molar-refractivity contribution in [2.75, 3.05) is 5.32 Å². The van der Waals surface area contributed by atoms with E-state index in [1.54, 1.807) is 48.7 Å². The predicted octanol–water partition coefficient (Wildman–Crippen LogP) is 2.68. The number of hydrogen-bond acceptors (Lipinski definition) is 3. The Kier molecular flexibility index (Phi) is 4.39. The highest BCUT2D eigenvalue weighted by atomic mass is 16.2. The van der Waals surface area contributed by atoms with E-state index < -0.39 is 0 Å². The van der Waals surface area contributed by atoms with Crippen LogP contribution in [0.15, 0.2) is 54.7 Å². The topological polar surface area (TPSA) is 59.1 Å². The van der Waals surface area contributed by atoms with Gasteiger partial charge < -0.3 is 5.32 Å². The van der Waals surface area contributed by atoms with Crippen LogP contribution in [0.2, 0.25) is 0 Å². The summed E-state index contributed by atoms with van der Waals surface area (Å²) in [5.41, 5.74) is 0.633. The summed E-state index contributed by atoms with van der Waals surface area (Å²) in [6.07, 6.45) is 1.96. The van der Waals surface area contributed by atoms with Crippen molar-refractivity contribution in [1.29, 1.82) is 0 Å². The second-order valence-corrected chi connectivity index (χ2v) is 4.05. The second kappa shape index (κ2) is 6.44. The Labute approximate surface area is 111 Å². The van der Waals surface area contributed by atoms with E-state index in [1.165, 1.54) is 0 Å². The van der Waals surface area contributed by atoms with E-state index in [9.17, 15) is 9.59 Å². The number of nitrogens with one attached hydrogen (secondary N) is 1. The minimum absolute atomic E-state index is 0.0308. The smallest absolute Gasteiger partial charge is 0.225 e. The van der Waals surface area contributed by atoms with Gasteiger partial charge in [0.2, 0.25) is 5.91 Å². The Morgan fingerprint density at radius 1 is 0.947 bits per heavy atom. The molecule has 0 aliphatic rings. The van der Waals surface area contributed by atoms with Gasteiger partial charge in [0.1, 0.15) is 5.82 Å². The molecule has 0 aliphatic heterocycles. The SMILES string of the molecule is O=C(CCC(=O)c1ccccc1)Nc1ccccn1. The molecule has 2 rings (SSSR count). The van der Waals surface area contributed by atoms with E-state index in [0.717, 1.165) is 0 Å². The van der Waals surface area contributed by atoms with Crippen LogP contribution >= 0.6 is 0 Å². The number of ketones is 1. The number of anilines is 1. The number of aromatic nitrogens is 1. The van der Waals surface area contributed by atoms with Crippen molar-refractivity contribution < 1.29 is 9.59 Å². The van der Waals surface area contributed by atoms with Crippen LogP contribution in [0.4, 0.5) is 5.82 Å². The lowest BCUT2D eigenvalue weighted by atomic mass is 10.1. The van der Waals surface area contributed by atoms with Gasteiger partial charge in [0.25, 0.3) is 0 Å². The van der Waals surface area contributed by atoms with Gasteiger partial charge in [-0.1, -0.05) is 36.4 Å². The molecule has 2 aromatic rings. The fourth-order valence-corrected chi connectivity index (χ4v) is 1.64. The molecular weight excluding hydrogens is 240 g/mol. The molecule has 1 aromatic carbocycles. The molecule has 4 nitrogen and oxygen atoms in total. The molecule has 0 spiro atoms. The molecule has 0 fully saturated rings. The first kappa shape index (κ1) is 13.0. The van der Waals surface area contributed by atoms with Crippen molar-refractivity contribution in [3.05, 3.63) is 60.3 Å². The molecule has 96 valence electrons. The summed E-state index contributed by atoms with van der Waals surface area (Å²) in [7, 11) is 0. The standard InChI is InChI=1S/C15H14N2O2/c18-13(12-6-2-1-3-7-12)9-10-15(19)17-14-8-4-5-11-16-14/h1-8,11H,9-10H2,(H,16,17,19). The van der Waals surface area contributed by atoms with Crippen LogP contribution in [-0.4, -0.2) is 16.7 Å². The van der Waals surface area contributed by atoms with E-state index in [2.05, 4.69) is 10.3 Å². The van der Waals surface area contributed by atoms with Crippen LogP contribution in [0.3, 0.4) is 0 Å². The maximum Gasteiger partial charge on any atom is 0.225 e. The number of nitrogens with zero attached hydrogens (tertiary/aromatic N) is 1. The predicted molar refractivity (Wildman–Crippen MR) is 72.9 cm³/mol. The van der Waals surface area contributed by atoms with Crippen molar-refractivity contribution >= 4 is 17.5 Å². The fraction of sp³-hybridized carbons (Fsp3) is 0.133. The number of carbonyl (C=O) groups is 2. The summed E-state index contributed by atoms with van der Waals surface area (Å²) >= 11 is 0. The zero-order valence-electron chi connectivity index (χ0n) is 10.4. The average molecular weight is 254 g/mol. The maximum absolute atomic E-state index is 11.8. The number of rotatable bonds is 5. The first-order valence-corrected chi connectivity index (χ1v) is 6.05. The fourth-order valence-electron chi connectivity index (χ4n) is 1.64. The van der Waals surface area contributed by atoms with E-state index in [1.807, 2.05) is 6.07 Å². The molecule has 0 atom stereocenters. The van der Waals surface area contributed by atoms with E-state index >= 15 is 0 Å². The van der Waals surface area contributed by atoms with Crippen LogP contribution in [0.1, 0.15) is 23.2 Å². The van der Waals surface area contributed by atoms with Crippen molar-refractivity contribution in [2.45, 2.75) is 12.8 Å². The quantitative estimate of drug-likeness (QED) is 0.834. The highest BCUT2D eigenvalue weighted by Crippen LogP contribution is 2.07. The Balaban J connectivity index is 1.83. The highest BCUT2D eigenvalue weighted by molar-refractivity contribution is 5.99. The summed E-state index contributed by atoms with van der Waals surface area (Å²) < 4.78 is 0. The molecule has 0 saturated heterocycles. The molecule has 0 saturated carbocycles.